The molecule has 1 aliphatic rings. The first-order chi connectivity index (χ1) is 5.38. The van der Waals surface area contributed by atoms with Gasteiger partial charge in [-0.05, 0) is 12.1 Å². The van der Waals surface area contributed by atoms with Gasteiger partial charge in [0.25, 0.3) is 0 Å². The first-order valence-corrected chi connectivity index (χ1v) is 3.24. The standard InChI is InChI=1S/C8H6FNO/c9-6-2-1-3-7-8(6)11-5-4-10-7/h1-5,10H. The van der Waals surface area contributed by atoms with E-state index in [1.807, 2.05) is 0 Å². The van der Waals surface area contributed by atoms with E-state index in [1.54, 1.807) is 18.3 Å². The van der Waals surface area contributed by atoms with E-state index in [2.05, 4.69) is 5.32 Å². The van der Waals surface area contributed by atoms with Gasteiger partial charge in [0.2, 0.25) is 0 Å². The van der Waals surface area contributed by atoms with Crippen molar-refractivity contribution in [2.75, 3.05) is 5.32 Å². The maximum atomic E-state index is 12.9. The number of nitrogens with one attached hydrogen (secondary N) is 1. The van der Waals surface area contributed by atoms with E-state index in [9.17, 15) is 4.39 Å². The minimum absolute atomic E-state index is 0.259. The molecule has 1 aromatic carbocycles. The molecule has 0 radical (unpaired) electrons. The quantitative estimate of drug-likeness (QED) is 0.613. The molecule has 3 heteroatoms. The summed E-state index contributed by atoms with van der Waals surface area (Å²) < 4.78 is 17.8. The van der Waals surface area contributed by atoms with Crippen molar-refractivity contribution in [3.63, 3.8) is 0 Å². The van der Waals surface area contributed by atoms with Gasteiger partial charge in [-0.25, -0.2) is 4.39 Å². The Hall–Kier alpha value is -1.51. The van der Waals surface area contributed by atoms with Gasteiger partial charge in [-0.2, -0.15) is 0 Å². The Morgan fingerprint density at radius 1 is 1.36 bits per heavy atom. The maximum absolute atomic E-state index is 12.9. The third-order valence-corrected chi connectivity index (χ3v) is 1.46. The third-order valence-electron chi connectivity index (χ3n) is 1.46. The van der Waals surface area contributed by atoms with Crippen molar-refractivity contribution in [1.29, 1.82) is 0 Å². The van der Waals surface area contributed by atoms with Crippen molar-refractivity contribution in [1.82, 2.24) is 0 Å². The smallest absolute Gasteiger partial charge is 0.185 e. The molecular weight excluding hydrogens is 145 g/mol. The zero-order valence-electron chi connectivity index (χ0n) is 5.67. The molecule has 11 heavy (non-hydrogen) atoms. The first-order valence-electron chi connectivity index (χ1n) is 3.24. The molecule has 0 unspecified atom stereocenters. The molecule has 1 heterocycles. The van der Waals surface area contributed by atoms with Crippen LogP contribution in [0.5, 0.6) is 5.75 Å². The molecule has 0 atom stereocenters. The van der Waals surface area contributed by atoms with Crippen LogP contribution in [0.4, 0.5) is 10.1 Å². The molecule has 56 valence electrons. The van der Waals surface area contributed by atoms with E-state index < -0.39 is 0 Å². The summed E-state index contributed by atoms with van der Waals surface area (Å²) in [4.78, 5) is 0. The number of rotatable bonds is 0. The van der Waals surface area contributed by atoms with E-state index in [-0.39, 0.29) is 11.6 Å². The van der Waals surface area contributed by atoms with Crippen LogP contribution in [0.15, 0.2) is 30.7 Å². The molecule has 0 saturated carbocycles. The number of halogens is 1. The molecule has 0 saturated heterocycles. The molecule has 1 aliphatic heterocycles. The van der Waals surface area contributed by atoms with Crippen molar-refractivity contribution in [3.8, 4) is 5.75 Å². The van der Waals surface area contributed by atoms with Crippen LogP contribution in [0, 0.1) is 5.82 Å². The zero-order chi connectivity index (χ0) is 7.68. The Kier molecular flexibility index (Phi) is 1.28. The average Bonchev–Trinajstić information content (AvgIpc) is 2.06. The zero-order valence-corrected chi connectivity index (χ0v) is 5.67. The number of anilines is 1. The molecule has 2 rings (SSSR count). The molecule has 0 bridgehead atoms. The fourth-order valence-corrected chi connectivity index (χ4v) is 0.968. The highest BCUT2D eigenvalue weighted by atomic mass is 19.1. The summed E-state index contributed by atoms with van der Waals surface area (Å²) in [6.45, 7) is 0. The summed E-state index contributed by atoms with van der Waals surface area (Å²) in [5.41, 5.74) is 0.660. The number of benzene rings is 1. The lowest BCUT2D eigenvalue weighted by atomic mass is 10.2. The second-order valence-corrected chi connectivity index (χ2v) is 2.18. The van der Waals surface area contributed by atoms with E-state index in [1.165, 1.54) is 12.3 Å². The van der Waals surface area contributed by atoms with Crippen molar-refractivity contribution >= 4 is 5.69 Å². The minimum Gasteiger partial charge on any atom is -0.458 e. The molecule has 0 amide bonds. The van der Waals surface area contributed by atoms with Crippen LogP contribution in [0.3, 0.4) is 0 Å². The topological polar surface area (TPSA) is 21.3 Å². The summed E-state index contributed by atoms with van der Waals surface area (Å²) in [6, 6.07) is 4.74. The molecule has 0 spiro atoms. The monoisotopic (exact) mass is 151 g/mol. The van der Waals surface area contributed by atoms with Crippen molar-refractivity contribution < 1.29 is 9.13 Å². The minimum atomic E-state index is -0.348. The van der Waals surface area contributed by atoms with Gasteiger partial charge in [0.1, 0.15) is 6.26 Å². The summed E-state index contributed by atoms with van der Waals surface area (Å²) in [7, 11) is 0. The first kappa shape index (κ1) is 6.22. The van der Waals surface area contributed by atoms with Gasteiger partial charge in [0, 0.05) is 6.20 Å². The van der Waals surface area contributed by atoms with Crippen LogP contribution in [0.25, 0.3) is 0 Å². The molecule has 0 aliphatic carbocycles. The fraction of sp³-hybridized carbons (Fsp3) is 0. The number of hydrogen-bond donors (Lipinski definition) is 1. The van der Waals surface area contributed by atoms with Gasteiger partial charge < -0.3 is 10.1 Å². The second-order valence-electron chi connectivity index (χ2n) is 2.18. The van der Waals surface area contributed by atoms with Crippen molar-refractivity contribution in [2.24, 2.45) is 0 Å². The van der Waals surface area contributed by atoms with Gasteiger partial charge in [0.15, 0.2) is 11.6 Å². The van der Waals surface area contributed by atoms with Crippen LogP contribution < -0.4 is 10.1 Å². The molecule has 0 fully saturated rings. The number of fused-ring (bicyclic) bond motifs is 1. The Morgan fingerprint density at radius 2 is 2.27 bits per heavy atom. The highest BCUT2D eigenvalue weighted by molar-refractivity contribution is 5.60. The largest absolute Gasteiger partial charge is 0.458 e. The van der Waals surface area contributed by atoms with E-state index in [0.29, 0.717) is 5.69 Å². The van der Waals surface area contributed by atoms with Crippen molar-refractivity contribution in [2.45, 2.75) is 0 Å². The third kappa shape index (κ3) is 0.941. The lowest BCUT2D eigenvalue weighted by Gasteiger charge is -2.12. The molecule has 1 aromatic rings. The lowest BCUT2D eigenvalue weighted by molar-refractivity contribution is 0.438. The van der Waals surface area contributed by atoms with Crippen LogP contribution in [0.2, 0.25) is 0 Å². The lowest BCUT2D eigenvalue weighted by Crippen LogP contribution is -2.00. The van der Waals surface area contributed by atoms with Gasteiger partial charge >= 0.3 is 0 Å². The molecule has 1 N–H and O–H groups in total. The fourth-order valence-electron chi connectivity index (χ4n) is 0.968. The van der Waals surface area contributed by atoms with E-state index in [4.69, 9.17) is 4.74 Å². The SMILES string of the molecule is Fc1cccc2c1OC=CN2. The summed E-state index contributed by atoms with van der Waals surface area (Å²) in [6.07, 6.45) is 3.02. The van der Waals surface area contributed by atoms with E-state index >= 15 is 0 Å². The van der Waals surface area contributed by atoms with Crippen LogP contribution in [0.1, 0.15) is 0 Å². The average molecular weight is 151 g/mol. The van der Waals surface area contributed by atoms with Crippen molar-refractivity contribution in [3.05, 3.63) is 36.5 Å². The molecule has 0 aromatic heterocycles. The van der Waals surface area contributed by atoms with E-state index in [0.717, 1.165) is 0 Å². The van der Waals surface area contributed by atoms with Gasteiger partial charge in [0.05, 0.1) is 5.69 Å². The normalized spacial score (nSPS) is 13.2. The van der Waals surface area contributed by atoms with Gasteiger partial charge in [-0.3, -0.25) is 0 Å². The Balaban J connectivity index is 2.54. The summed E-state index contributed by atoms with van der Waals surface area (Å²) in [5.74, 6) is -0.0886. The summed E-state index contributed by atoms with van der Waals surface area (Å²) >= 11 is 0. The Morgan fingerprint density at radius 3 is 3.09 bits per heavy atom. The highest BCUT2D eigenvalue weighted by Gasteiger charge is 2.09. The number of para-hydroxylation sites is 1. The van der Waals surface area contributed by atoms with Crippen LogP contribution in [-0.4, -0.2) is 0 Å². The Bertz CT molecular complexity index is 309. The van der Waals surface area contributed by atoms with Gasteiger partial charge in [-0.15, -0.1) is 0 Å². The Labute approximate surface area is 63.3 Å². The predicted octanol–water partition coefficient (Wildman–Crippen LogP) is 2.10. The molecular formula is C8H6FNO. The predicted molar refractivity (Wildman–Crippen MR) is 39.8 cm³/mol. The highest BCUT2D eigenvalue weighted by Crippen LogP contribution is 2.29. The summed E-state index contributed by atoms with van der Waals surface area (Å²) in [5, 5.41) is 2.86. The molecule has 2 nitrogen and oxygen atoms in total. The second kappa shape index (κ2) is 2.27. The van der Waals surface area contributed by atoms with Crippen LogP contribution in [-0.2, 0) is 0 Å². The number of hydrogen-bond acceptors (Lipinski definition) is 2. The maximum Gasteiger partial charge on any atom is 0.185 e. The van der Waals surface area contributed by atoms with Gasteiger partial charge in [-0.1, -0.05) is 6.07 Å². The van der Waals surface area contributed by atoms with Crippen LogP contribution >= 0.6 is 0 Å². The number of ether oxygens (including phenoxy) is 1.